The summed E-state index contributed by atoms with van der Waals surface area (Å²) >= 11 is 0. The van der Waals surface area contributed by atoms with Crippen molar-refractivity contribution < 1.29 is 14.3 Å². The van der Waals surface area contributed by atoms with E-state index in [9.17, 15) is 9.59 Å². The predicted molar refractivity (Wildman–Crippen MR) is 86.2 cm³/mol. The molecule has 122 valence electrons. The molecule has 0 fully saturated rings. The van der Waals surface area contributed by atoms with E-state index < -0.39 is 0 Å². The third-order valence-corrected chi connectivity index (χ3v) is 3.35. The molecule has 0 saturated heterocycles. The summed E-state index contributed by atoms with van der Waals surface area (Å²) in [5.74, 6) is -0.429. The van der Waals surface area contributed by atoms with Crippen LogP contribution in [0.5, 0.6) is 0 Å². The topological polar surface area (TPSA) is 93.2 Å². The zero-order valence-corrected chi connectivity index (χ0v) is 13.5. The lowest BCUT2D eigenvalue weighted by atomic mass is 10.1. The molecular weight excluding hydrogens is 296 g/mol. The highest BCUT2D eigenvalue weighted by molar-refractivity contribution is 5.97. The summed E-state index contributed by atoms with van der Waals surface area (Å²) in [5, 5.41) is 5.38. The molecule has 2 N–H and O–H groups in total. The van der Waals surface area contributed by atoms with Crippen molar-refractivity contribution in [3.05, 3.63) is 35.2 Å². The first-order valence-electron chi connectivity index (χ1n) is 7.30. The summed E-state index contributed by atoms with van der Waals surface area (Å²) in [7, 11) is 1.45. The second kappa shape index (κ2) is 7.64. The molecule has 7 heteroatoms. The van der Waals surface area contributed by atoms with Crippen LogP contribution in [0.25, 0.3) is 11.0 Å². The molecule has 23 heavy (non-hydrogen) atoms. The van der Waals surface area contributed by atoms with Crippen molar-refractivity contribution in [2.75, 3.05) is 26.8 Å². The second-order valence-corrected chi connectivity index (χ2v) is 5.14. The molecule has 7 nitrogen and oxygen atoms in total. The highest BCUT2D eigenvalue weighted by atomic mass is 16.5. The normalized spacial score (nSPS) is 10.6. The van der Waals surface area contributed by atoms with Crippen LogP contribution in [0, 0.1) is 13.8 Å². The van der Waals surface area contributed by atoms with Crippen LogP contribution < -0.4 is 10.6 Å². The maximum absolute atomic E-state index is 12.1. The van der Waals surface area contributed by atoms with Gasteiger partial charge in [-0.2, -0.15) is 0 Å². The molecule has 1 aromatic carbocycles. The molecule has 2 amide bonds. The number of carbonyl (C=O) groups excluding carboxylic acids is 2. The van der Waals surface area contributed by atoms with Crippen molar-refractivity contribution in [1.29, 1.82) is 0 Å². The molecule has 2 rings (SSSR count). The van der Waals surface area contributed by atoms with Crippen molar-refractivity contribution in [2.45, 2.75) is 13.8 Å². The van der Waals surface area contributed by atoms with Gasteiger partial charge in [-0.15, -0.1) is 0 Å². The Morgan fingerprint density at radius 3 is 2.39 bits per heavy atom. The standard InChI is InChI=1S/C16H20N4O3/c1-10-11(2)20-14-8-12(4-5-13(14)19-10)16(22)18-7-6-17-15(21)9-23-3/h4-5,8H,6-7,9H2,1-3H3,(H,17,21)(H,18,22). The molecule has 1 heterocycles. The molecule has 0 bridgehead atoms. The van der Waals surface area contributed by atoms with E-state index in [0.717, 1.165) is 16.9 Å². The van der Waals surface area contributed by atoms with Gasteiger partial charge in [-0.1, -0.05) is 0 Å². The van der Waals surface area contributed by atoms with Crippen LogP contribution in [0.4, 0.5) is 0 Å². The third-order valence-electron chi connectivity index (χ3n) is 3.35. The first-order chi connectivity index (χ1) is 11.0. The maximum Gasteiger partial charge on any atom is 0.251 e. The van der Waals surface area contributed by atoms with Gasteiger partial charge in [0.15, 0.2) is 0 Å². The smallest absolute Gasteiger partial charge is 0.251 e. The minimum Gasteiger partial charge on any atom is -0.375 e. The fourth-order valence-corrected chi connectivity index (χ4v) is 2.03. The summed E-state index contributed by atoms with van der Waals surface area (Å²) in [6, 6.07) is 5.21. The number of nitrogens with zero attached hydrogens (tertiary/aromatic N) is 2. The van der Waals surface area contributed by atoms with E-state index in [4.69, 9.17) is 4.74 Å². The molecular formula is C16H20N4O3. The monoisotopic (exact) mass is 316 g/mol. The van der Waals surface area contributed by atoms with Gasteiger partial charge in [0.05, 0.1) is 22.4 Å². The molecule has 0 aliphatic carbocycles. The Morgan fingerprint density at radius 2 is 1.70 bits per heavy atom. The summed E-state index contributed by atoms with van der Waals surface area (Å²) in [4.78, 5) is 32.2. The highest BCUT2D eigenvalue weighted by Crippen LogP contribution is 2.14. The highest BCUT2D eigenvalue weighted by Gasteiger charge is 2.08. The predicted octanol–water partition coefficient (Wildman–Crippen LogP) is 0.739. The first-order valence-corrected chi connectivity index (χ1v) is 7.30. The van der Waals surface area contributed by atoms with Crippen LogP contribution >= 0.6 is 0 Å². The van der Waals surface area contributed by atoms with Gasteiger partial charge in [-0.3, -0.25) is 9.59 Å². The van der Waals surface area contributed by atoms with Crippen molar-refractivity contribution in [3.8, 4) is 0 Å². The Bertz CT molecular complexity index is 731. The number of hydrogen-bond donors (Lipinski definition) is 2. The SMILES string of the molecule is COCC(=O)NCCNC(=O)c1ccc2nc(C)c(C)nc2c1. The van der Waals surface area contributed by atoms with Crippen LogP contribution in [0.2, 0.25) is 0 Å². The van der Waals surface area contributed by atoms with Gasteiger partial charge in [-0.25, -0.2) is 9.97 Å². The zero-order valence-electron chi connectivity index (χ0n) is 13.5. The summed E-state index contributed by atoms with van der Waals surface area (Å²) in [6.07, 6.45) is 0. The zero-order chi connectivity index (χ0) is 16.8. The average Bonchev–Trinajstić information content (AvgIpc) is 2.52. The van der Waals surface area contributed by atoms with Gasteiger partial charge in [-0.05, 0) is 32.0 Å². The summed E-state index contributed by atoms with van der Waals surface area (Å²) in [6.45, 7) is 4.48. The maximum atomic E-state index is 12.1. The number of aryl methyl sites for hydroxylation is 2. The summed E-state index contributed by atoms with van der Waals surface area (Å²) < 4.78 is 4.70. The number of methoxy groups -OCH3 is 1. The Morgan fingerprint density at radius 1 is 1.04 bits per heavy atom. The minimum atomic E-state index is -0.215. The number of benzene rings is 1. The number of rotatable bonds is 6. The molecule has 0 aliphatic heterocycles. The molecule has 0 spiro atoms. The van der Waals surface area contributed by atoms with Crippen LogP contribution in [0.1, 0.15) is 21.7 Å². The van der Waals surface area contributed by atoms with Crippen LogP contribution in [-0.4, -0.2) is 48.6 Å². The Kier molecular flexibility index (Phi) is 5.59. The van der Waals surface area contributed by atoms with E-state index in [-0.39, 0.29) is 18.4 Å². The van der Waals surface area contributed by atoms with E-state index in [0.29, 0.717) is 24.2 Å². The average molecular weight is 316 g/mol. The third kappa shape index (κ3) is 4.46. The molecule has 1 aromatic heterocycles. The minimum absolute atomic E-state index is 0.00998. The van der Waals surface area contributed by atoms with E-state index in [1.807, 2.05) is 13.8 Å². The lowest BCUT2D eigenvalue weighted by molar-refractivity contribution is -0.124. The van der Waals surface area contributed by atoms with Crippen LogP contribution in [0.3, 0.4) is 0 Å². The van der Waals surface area contributed by atoms with E-state index in [1.54, 1.807) is 18.2 Å². The quantitative estimate of drug-likeness (QED) is 0.767. The van der Waals surface area contributed by atoms with Gasteiger partial charge in [0, 0.05) is 25.8 Å². The Hall–Kier alpha value is -2.54. The van der Waals surface area contributed by atoms with Gasteiger partial charge >= 0.3 is 0 Å². The molecule has 0 atom stereocenters. The van der Waals surface area contributed by atoms with Gasteiger partial charge in [0.2, 0.25) is 5.91 Å². The number of aromatic nitrogens is 2. The van der Waals surface area contributed by atoms with E-state index in [1.165, 1.54) is 7.11 Å². The van der Waals surface area contributed by atoms with Crippen molar-refractivity contribution in [1.82, 2.24) is 20.6 Å². The van der Waals surface area contributed by atoms with Crippen molar-refractivity contribution in [3.63, 3.8) is 0 Å². The molecule has 0 saturated carbocycles. The number of hydrogen-bond acceptors (Lipinski definition) is 5. The molecule has 0 aliphatic rings. The van der Waals surface area contributed by atoms with Crippen molar-refractivity contribution in [2.24, 2.45) is 0 Å². The number of ether oxygens (including phenoxy) is 1. The Labute approximate surface area is 134 Å². The number of nitrogens with one attached hydrogen (secondary N) is 2. The molecule has 0 unspecified atom stereocenters. The van der Waals surface area contributed by atoms with Gasteiger partial charge in [0.25, 0.3) is 5.91 Å². The number of fused-ring (bicyclic) bond motifs is 1. The molecule has 2 aromatic rings. The fraction of sp³-hybridized carbons (Fsp3) is 0.375. The first kappa shape index (κ1) is 16.8. The van der Waals surface area contributed by atoms with E-state index >= 15 is 0 Å². The number of carbonyl (C=O) groups is 2. The van der Waals surface area contributed by atoms with Gasteiger partial charge in [0.1, 0.15) is 6.61 Å². The Balaban J connectivity index is 1.96. The van der Waals surface area contributed by atoms with Gasteiger partial charge < -0.3 is 15.4 Å². The lowest BCUT2D eigenvalue weighted by Gasteiger charge is -2.08. The fourth-order valence-electron chi connectivity index (χ4n) is 2.03. The summed E-state index contributed by atoms with van der Waals surface area (Å²) in [5.41, 5.74) is 3.68. The van der Waals surface area contributed by atoms with E-state index in [2.05, 4.69) is 20.6 Å². The second-order valence-electron chi connectivity index (χ2n) is 5.14. The lowest BCUT2D eigenvalue weighted by Crippen LogP contribution is -2.36. The molecule has 0 radical (unpaired) electrons. The van der Waals surface area contributed by atoms with Crippen LogP contribution in [0.15, 0.2) is 18.2 Å². The largest absolute Gasteiger partial charge is 0.375 e. The number of amides is 2. The van der Waals surface area contributed by atoms with Crippen LogP contribution in [-0.2, 0) is 9.53 Å². The van der Waals surface area contributed by atoms with Crippen molar-refractivity contribution >= 4 is 22.8 Å².